The van der Waals surface area contributed by atoms with Crippen molar-refractivity contribution in [1.29, 1.82) is 0 Å². The first kappa shape index (κ1) is 14.7. The normalized spacial score (nSPS) is 23.3. The minimum Gasteiger partial charge on any atom is -0.378 e. The first-order chi connectivity index (χ1) is 10.1. The van der Waals surface area contributed by atoms with E-state index in [1.165, 1.54) is 0 Å². The molecule has 1 fully saturated rings. The fourth-order valence-corrected chi connectivity index (χ4v) is 3.64. The summed E-state index contributed by atoms with van der Waals surface area (Å²) in [4.78, 5) is 11.5. The number of aromatic nitrogens is 2. The highest BCUT2D eigenvalue weighted by molar-refractivity contribution is 7.17. The highest BCUT2D eigenvalue weighted by atomic mass is 32.1. The highest BCUT2D eigenvalue weighted by Gasteiger charge is 2.34. The minimum absolute atomic E-state index is 0.192. The molecule has 6 heteroatoms. The van der Waals surface area contributed by atoms with Crippen LogP contribution in [-0.4, -0.2) is 53.3 Å². The fraction of sp³-hybridized carbons (Fsp3) is 0.600. The molecular weight excluding hydrogens is 284 g/mol. The van der Waals surface area contributed by atoms with Gasteiger partial charge in [0.15, 0.2) is 0 Å². The van der Waals surface area contributed by atoms with Crippen molar-refractivity contribution in [2.75, 3.05) is 25.5 Å². The lowest BCUT2D eigenvalue weighted by molar-refractivity contribution is 0.0983. The van der Waals surface area contributed by atoms with Gasteiger partial charge in [-0.05, 0) is 32.2 Å². The molecule has 1 aliphatic rings. The van der Waals surface area contributed by atoms with Crippen LogP contribution in [0.4, 0.5) is 5.82 Å². The molecule has 0 spiro atoms. The van der Waals surface area contributed by atoms with Gasteiger partial charge in [-0.3, -0.25) is 4.90 Å². The van der Waals surface area contributed by atoms with Crippen molar-refractivity contribution in [3.8, 4) is 0 Å². The van der Waals surface area contributed by atoms with E-state index in [-0.39, 0.29) is 12.1 Å². The van der Waals surface area contributed by atoms with Crippen LogP contribution in [0.5, 0.6) is 0 Å². The quantitative estimate of drug-likeness (QED) is 0.940. The van der Waals surface area contributed by atoms with Crippen molar-refractivity contribution in [3.05, 3.63) is 17.3 Å². The second kappa shape index (κ2) is 5.87. The number of hydrogen-bond donors (Lipinski definition) is 1. The van der Waals surface area contributed by atoms with Gasteiger partial charge in [-0.25, -0.2) is 9.97 Å². The Bertz CT molecular complexity index is 627. The molecule has 2 aromatic heterocycles. The standard InChI is InChI=1S/C15H22N4OS/c1-9(2)19-7-12(13(8-19)20-4)18-15-14-11(5-6-21-14)16-10(3)17-15/h5-6,9,12-13H,7-8H2,1-4H3,(H,16,17,18)/t12-,13-/m0/s1. The molecule has 1 saturated heterocycles. The molecule has 0 radical (unpaired) electrons. The fourth-order valence-electron chi connectivity index (χ4n) is 2.86. The predicted molar refractivity (Wildman–Crippen MR) is 87.1 cm³/mol. The topological polar surface area (TPSA) is 50.3 Å². The van der Waals surface area contributed by atoms with Crippen LogP contribution < -0.4 is 5.32 Å². The molecule has 0 bridgehead atoms. The van der Waals surface area contributed by atoms with Gasteiger partial charge in [0.1, 0.15) is 11.6 Å². The van der Waals surface area contributed by atoms with Crippen LogP contribution in [0.1, 0.15) is 19.7 Å². The van der Waals surface area contributed by atoms with Crippen LogP contribution in [0.3, 0.4) is 0 Å². The number of anilines is 1. The van der Waals surface area contributed by atoms with Crippen molar-refractivity contribution < 1.29 is 4.74 Å². The summed E-state index contributed by atoms with van der Waals surface area (Å²) in [5.41, 5.74) is 1.02. The van der Waals surface area contributed by atoms with E-state index in [1.807, 2.05) is 13.0 Å². The van der Waals surface area contributed by atoms with Crippen molar-refractivity contribution >= 4 is 27.4 Å². The van der Waals surface area contributed by atoms with E-state index in [9.17, 15) is 0 Å². The summed E-state index contributed by atoms with van der Waals surface area (Å²) >= 11 is 1.68. The van der Waals surface area contributed by atoms with E-state index >= 15 is 0 Å². The average Bonchev–Trinajstić information content (AvgIpc) is 3.04. The van der Waals surface area contributed by atoms with E-state index in [4.69, 9.17) is 4.74 Å². The summed E-state index contributed by atoms with van der Waals surface area (Å²) in [6, 6.07) is 2.84. The lowest BCUT2D eigenvalue weighted by Gasteiger charge is -2.20. The number of nitrogens with zero attached hydrogens (tertiary/aromatic N) is 3. The largest absolute Gasteiger partial charge is 0.378 e. The van der Waals surface area contributed by atoms with Crippen LogP contribution in [0.2, 0.25) is 0 Å². The Morgan fingerprint density at radius 3 is 2.90 bits per heavy atom. The Morgan fingerprint density at radius 1 is 1.38 bits per heavy atom. The third kappa shape index (κ3) is 2.88. The highest BCUT2D eigenvalue weighted by Crippen LogP contribution is 2.28. The summed E-state index contributed by atoms with van der Waals surface area (Å²) in [5, 5.41) is 5.65. The predicted octanol–water partition coefficient (Wildman–Crippen LogP) is 2.52. The third-order valence-corrected chi connectivity index (χ3v) is 4.98. The molecule has 0 amide bonds. The molecule has 0 unspecified atom stereocenters. The maximum absolute atomic E-state index is 5.66. The Morgan fingerprint density at radius 2 is 2.19 bits per heavy atom. The number of fused-ring (bicyclic) bond motifs is 1. The van der Waals surface area contributed by atoms with Crippen molar-refractivity contribution in [2.24, 2.45) is 0 Å². The first-order valence-electron chi connectivity index (χ1n) is 7.33. The molecule has 3 heterocycles. The number of thiophene rings is 1. The number of hydrogen-bond acceptors (Lipinski definition) is 6. The number of nitrogens with one attached hydrogen (secondary N) is 1. The van der Waals surface area contributed by atoms with E-state index in [1.54, 1.807) is 18.4 Å². The second-order valence-corrected chi connectivity index (χ2v) is 6.74. The Hall–Kier alpha value is -1.24. The maximum atomic E-state index is 5.66. The zero-order valence-electron chi connectivity index (χ0n) is 13.0. The molecule has 2 atom stereocenters. The van der Waals surface area contributed by atoms with Gasteiger partial charge >= 0.3 is 0 Å². The molecule has 114 valence electrons. The molecule has 0 aliphatic carbocycles. The zero-order chi connectivity index (χ0) is 15.0. The monoisotopic (exact) mass is 306 g/mol. The summed E-state index contributed by atoms with van der Waals surface area (Å²) in [6.07, 6.45) is 0.192. The van der Waals surface area contributed by atoms with Gasteiger partial charge in [-0.2, -0.15) is 0 Å². The number of likely N-dealkylation sites (tertiary alicyclic amines) is 1. The van der Waals surface area contributed by atoms with Gasteiger partial charge in [-0.15, -0.1) is 11.3 Å². The van der Waals surface area contributed by atoms with Crippen LogP contribution in [-0.2, 0) is 4.74 Å². The van der Waals surface area contributed by atoms with E-state index in [0.717, 1.165) is 34.9 Å². The van der Waals surface area contributed by atoms with Crippen molar-refractivity contribution in [3.63, 3.8) is 0 Å². The van der Waals surface area contributed by atoms with Crippen LogP contribution >= 0.6 is 11.3 Å². The molecule has 21 heavy (non-hydrogen) atoms. The SMILES string of the molecule is CO[C@H]1CN(C(C)C)C[C@@H]1Nc1nc(C)nc2ccsc12. The van der Waals surface area contributed by atoms with Gasteiger partial charge in [0.05, 0.1) is 22.4 Å². The first-order valence-corrected chi connectivity index (χ1v) is 8.21. The average molecular weight is 306 g/mol. The van der Waals surface area contributed by atoms with Crippen molar-refractivity contribution in [2.45, 2.75) is 39.0 Å². The third-order valence-electron chi connectivity index (χ3n) is 4.06. The van der Waals surface area contributed by atoms with Gasteiger partial charge in [0.25, 0.3) is 0 Å². The number of methoxy groups -OCH3 is 1. The van der Waals surface area contributed by atoms with Crippen LogP contribution in [0, 0.1) is 6.92 Å². The molecule has 0 saturated carbocycles. The Labute approximate surface area is 129 Å². The van der Waals surface area contributed by atoms with Gasteiger partial charge < -0.3 is 10.1 Å². The Balaban J connectivity index is 1.85. The molecule has 1 N–H and O–H groups in total. The number of rotatable bonds is 4. The van der Waals surface area contributed by atoms with E-state index in [2.05, 4.69) is 39.4 Å². The van der Waals surface area contributed by atoms with Gasteiger partial charge in [-0.1, -0.05) is 0 Å². The molecule has 1 aliphatic heterocycles. The molecule has 3 rings (SSSR count). The Kier molecular flexibility index (Phi) is 4.10. The van der Waals surface area contributed by atoms with Crippen LogP contribution in [0.25, 0.3) is 10.2 Å². The molecule has 5 nitrogen and oxygen atoms in total. The number of aryl methyl sites for hydroxylation is 1. The summed E-state index contributed by atoms with van der Waals surface area (Å²) in [5.74, 6) is 1.74. The number of ether oxygens (including phenoxy) is 1. The summed E-state index contributed by atoms with van der Waals surface area (Å²) in [6.45, 7) is 8.32. The maximum Gasteiger partial charge on any atom is 0.148 e. The van der Waals surface area contributed by atoms with Crippen molar-refractivity contribution in [1.82, 2.24) is 14.9 Å². The lowest BCUT2D eigenvalue weighted by Crippen LogP contribution is -2.34. The van der Waals surface area contributed by atoms with E-state index < -0.39 is 0 Å². The molecule has 2 aromatic rings. The summed E-state index contributed by atoms with van der Waals surface area (Å²) in [7, 11) is 1.79. The molecular formula is C15H22N4OS. The van der Waals surface area contributed by atoms with E-state index in [0.29, 0.717) is 6.04 Å². The second-order valence-electron chi connectivity index (χ2n) is 5.83. The summed E-state index contributed by atoms with van der Waals surface area (Å²) < 4.78 is 6.78. The molecule has 0 aromatic carbocycles. The minimum atomic E-state index is 0.192. The van der Waals surface area contributed by atoms with Crippen LogP contribution in [0.15, 0.2) is 11.4 Å². The smallest absolute Gasteiger partial charge is 0.148 e. The van der Waals surface area contributed by atoms with Gasteiger partial charge in [0, 0.05) is 26.2 Å². The van der Waals surface area contributed by atoms with Gasteiger partial charge in [0.2, 0.25) is 0 Å². The zero-order valence-corrected chi connectivity index (χ0v) is 13.8. The lowest BCUT2D eigenvalue weighted by atomic mass is 10.2.